The number of rotatable bonds is 4. The van der Waals surface area contributed by atoms with E-state index in [1.54, 1.807) is 11.3 Å². The molecule has 1 fully saturated rings. The molecule has 0 unspecified atom stereocenters. The molecule has 2 atom stereocenters. The number of fused-ring (bicyclic) bond motifs is 1. The molecule has 3 heterocycles. The van der Waals surface area contributed by atoms with Crippen LogP contribution in [0.1, 0.15) is 62.2 Å². The van der Waals surface area contributed by atoms with Crippen molar-refractivity contribution >= 4 is 23.1 Å². The van der Waals surface area contributed by atoms with Crippen molar-refractivity contribution in [2.45, 2.75) is 44.6 Å². The topological polar surface area (TPSA) is 68.4 Å². The highest BCUT2D eigenvalue weighted by molar-refractivity contribution is 7.10. The van der Waals surface area contributed by atoms with Crippen LogP contribution in [-0.2, 0) is 15.9 Å². The van der Waals surface area contributed by atoms with Crippen molar-refractivity contribution in [2.24, 2.45) is 0 Å². The monoisotopic (exact) mass is 359 g/mol. The first-order chi connectivity index (χ1) is 12.1. The number of nitrogens with one attached hydrogen (secondary N) is 1. The molecular weight excluding hydrogens is 338 g/mol. The third kappa shape index (κ3) is 3.16. The third-order valence-corrected chi connectivity index (χ3v) is 6.10. The summed E-state index contributed by atoms with van der Waals surface area (Å²) >= 11 is 1.67. The predicted molar refractivity (Wildman–Crippen MR) is 94.5 cm³/mol. The maximum absolute atomic E-state index is 12.6. The molecule has 0 bridgehead atoms. The Kier molecular flexibility index (Phi) is 4.48. The number of H-pyrrole nitrogens is 1. The smallest absolute Gasteiger partial charge is 0.355 e. The minimum absolute atomic E-state index is 0.00122. The largest absolute Gasteiger partial charge is 0.458 e. The number of ketones is 1. The fraction of sp³-hybridized carbons (Fsp3) is 0.474. The number of thiophene rings is 1. The van der Waals surface area contributed by atoms with Crippen molar-refractivity contribution in [1.82, 2.24) is 4.98 Å². The van der Waals surface area contributed by atoms with E-state index in [4.69, 9.17) is 9.47 Å². The molecule has 0 amide bonds. The molecule has 2 aromatic heterocycles. The maximum Gasteiger partial charge on any atom is 0.355 e. The first-order valence-electron chi connectivity index (χ1n) is 8.70. The van der Waals surface area contributed by atoms with Gasteiger partial charge in [-0.3, -0.25) is 4.79 Å². The molecule has 0 spiro atoms. The van der Waals surface area contributed by atoms with Crippen LogP contribution in [0.2, 0.25) is 0 Å². The molecule has 1 aliphatic heterocycles. The average molecular weight is 359 g/mol. The van der Waals surface area contributed by atoms with Crippen LogP contribution in [0.4, 0.5) is 0 Å². The molecule has 5 nitrogen and oxygen atoms in total. The second kappa shape index (κ2) is 6.77. The predicted octanol–water partition coefficient (Wildman–Crippen LogP) is 3.63. The van der Waals surface area contributed by atoms with Gasteiger partial charge in [0, 0.05) is 35.1 Å². The van der Waals surface area contributed by atoms with Crippen LogP contribution >= 0.6 is 11.3 Å². The molecule has 4 rings (SSSR count). The Morgan fingerprint density at radius 3 is 3.04 bits per heavy atom. The number of esters is 1. The van der Waals surface area contributed by atoms with Crippen molar-refractivity contribution in [2.75, 3.05) is 13.2 Å². The maximum atomic E-state index is 12.6. The Morgan fingerprint density at radius 2 is 2.32 bits per heavy atom. The van der Waals surface area contributed by atoms with Gasteiger partial charge in [-0.25, -0.2) is 4.79 Å². The van der Waals surface area contributed by atoms with Gasteiger partial charge in [-0.15, -0.1) is 11.3 Å². The molecule has 1 N–H and O–H groups in total. The Hall–Kier alpha value is -1.92. The van der Waals surface area contributed by atoms with Gasteiger partial charge >= 0.3 is 5.97 Å². The summed E-state index contributed by atoms with van der Waals surface area (Å²) in [7, 11) is 0. The Balaban J connectivity index is 1.52. The van der Waals surface area contributed by atoms with Gasteiger partial charge in [-0.1, -0.05) is 6.07 Å². The molecule has 0 aromatic carbocycles. The van der Waals surface area contributed by atoms with E-state index in [0.717, 1.165) is 31.6 Å². The quantitative estimate of drug-likeness (QED) is 0.847. The summed E-state index contributed by atoms with van der Waals surface area (Å²) in [5.74, 6) is -0.108. The van der Waals surface area contributed by atoms with Crippen molar-refractivity contribution in [1.29, 1.82) is 0 Å². The highest BCUT2D eigenvalue weighted by atomic mass is 32.1. The van der Waals surface area contributed by atoms with E-state index in [1.807, 2.05) is 18.4 Å². The van der Waals surface area contributed by atoms with Crippen LogP contribution in [0.25, 0.3) is 0 Å². The fourth-order valence-electron chi connectivity index (χ4n) is 3.78. The fourth-order valence-corrected chi connectivity index (χ4v) is 4.61. The third-order valence-electron chi connectivity index (χ3n) is 5.06. The molecule has 25 heavy (non-hydrogen) atoms. The van der Waals surface area contributed by atoms with Crippen LogP contribution < -0.4 is 0 Å². The van der Waals surface area contributed by atoms with Crippen LogP contribution in [0.15, 0.2) is 17.5 Å². The normalized spacial score (nSPS) is 22.8. The second-order valence-electron chi connectivity index (χ2n) is 6.76. The lowest BCUT2D eigenvalue weighted by molar-refractivity contribution is 0.0156. The Morgan fingerprint density at radius 1 is 1.44 bits per heavy atom. The zero-order chi connectivity index (χ0) is 17.4. The molecule has 6 heteroatoms. The van der Waals surface area contributed by atoms with Crippen LogP contribution in [0, 0.1) is 6.92 Å². The van der Waals surface area contributed by atoms with Crippen molar-refractivity contribution in [3.8, 4) is 0 Å². The van der Waals surface area contributed by atoms with Crippen molar-refractivity contribution in [3.63, 3.8) is 0 Å². The van der Waals surface area contributed by atoms with Gasteiger partial charge in [-0.2, -0.15) is 0 Å². The van der Waals surface area contributed by atoms with Gasteiger partial charge in [0.1, 0.15) is 12.3 Å². The number of hydrogen-bond acceptors (Lipinski definition) is 5. The van der Waals surface area contributed by atoms with Gasteiger partial charge < -0.3 is 14.5 Å². The summed E-state index contributed by atoms with van der Waals surface area (Å²) in [4.78, 5) is 29.5. The van der Waals surface area contributed by atoms with Crippen LogP contribution in [0.5, 0.6) is 0 Å². The molecule has 0 radical (unpaired) electrons. The van der Waals surface area contributed by atoms with Crippen LogP contribution in [0.3, 0.4) is 0 Å². The zero-order valence-corrected chi connectivity index (χ0v) is 15.0. The summed E-state index contributed by atoms with van der Waals surface area (Å²) in [6, 6.07) is 4.08. The minimum Gasteiger partial charge on any atom is -0.458 e. The molecule has 1 saturated heterocycles. The van der Waals surface area contributed by atoms with E-state index in [1.165, 1.54) is 4.88 Å². The summed E-state index contributed by atoms with van der Waals surface area (Å²) in [6.07, 6.45) is 3.18. The highest BCUT2D eigenvalue weighted by Gasteiger charge is 2.32. The van der Waals surface area contributed by atoms with Gasteiger partial charge in [-0.05, 0) is 43.2 Å². The number of carbonyl (C=O) groups excluding carboxylic acids is 2. The van der Waals surface area contributed by atoms with Gasteiger partial charge in [0.25, 0.3) is 0 Å². The first kappa shape index (κ1) is 16.5. The van der Waals surface area contributed by atoms with E-state index >= 15 is 0 Å². The van der Waals surface area contributed by atoms with E-state index in [0.29, 0.717) is 23.2 Å². The van der Waals surface area contributed by atoms with Crippen molar-refractivity contribution < 1.29 is 19.1 Å². The number of Topliss-reactive ketones (excluding diaryl/α,β-unsaturated/α-hetero) is 1. The second-order valence-corrected chi connectivity index (χ2v) is 7.74. The summed E-state index contributed by atoms with van der Waals surface area (Å²) in [5.41, 5.74) is 2.65. The standard InChI is InChI=1S/C19H21NO4S/c1-11-17-14(8-12(9-15(17)21)16-5-3-7-25-16)20-18(11)19(22)24-10-13-4-2-6-23-13/h3,5,7,12-13,20H,2,4,6,8-10H2,1H3/t12-,13-/m1/s1. The summed E-state index contributed by atoms with van der Waals surface area (Å²) < 4.78 is 10.9. The summed E-state index contributed by atoms with van der Waals surface area (Å²) in [5, 5.41) is 2.03. The number of aromatic nitrogens is 1. The highest BCUT2D eigenvalue weighted by Crippen LogP contribution is 2.36. The first-order valence-corrected chi connectivity index (χ1v) is 9.58. The SMILES string of the molecule is Cc1c(C(=O)OC[C@H]2CCCO2)[nH]c2c1C(=O)C[C@H](c1cccs1)C2. The molecule has 2 aliphatic rings. The molecule has 1 aliphatic carbocycles. The van der Waals surface area contributed by atoms with E-state index in [2.05, 4.69) is 11.1 Å². The van der Waals surface area contributed by atoms with E-state index < -0.39 is 5.97 Å². The lowest BCUT2D eigenvalue weighted by Gasteiger charge is -2.20. The van der Waals surface area contributed by atoms with E-state index in [9.17, 15) is 9.59 Å². The van der Waals surface area contributed by atoms with Crippen LogP contribution in [-0.4, -0.2) is 36.1 Å². The Labute approximate surface area is 150 Å². The molecular formula is C19H21NO4S. The van der Waals surface area contributed by atoms with Gasteiger partial charge in [0.05, 0.1) is 6.10 Å². The number of ether oxygens (including phenoxy) is 2. The van der Waals surface area contributed by atoms with E-state index in [-0.39, 0.29) is 24.4 Å². The number of hydrogen-bond donors (Lipinski definition) is 1. The lowest BCUT2D eigenvalue weighted by Crippen LogP contribution is -2.18. The minimum atomic E-state index is -0.400. The van der Waals surface area contributed by atoms with Crippen molar-refractivity contribution in [3.05, 3.63) is 44.9 Å². The molecule has 0 saturated carbocycles. The molecule has 132 valence electrons. The average Bonchev–Trinajstić information content (AvgIpc) is 3.34. The molecule has 2 aromatic rings. The Bertz CT molecular complexity index is 787. The summed E-state index contributed by atoms with van der Waals surface area (Å²) in [6.45, 7) is 2.83. The zero-order valence-electron chi connectivity index (χ0n) is 14.2. The lowest BCUT2D eigenvalue weighted by atomic mass is 9.84. The van der Waals surface area contributed by atoms with Gasteiger partial charge in [0.2, 0.25) is 0 Å². The number of aromatic amines is 1. The number of carbonyl (C=O) groups is 2. The van der Waals surface area contributed by atoms with Gasteiger partial charge in [0.15, 0.2) is 5.78 Å².